The number of nitrogens with zero attached hydrogens (tertiary/aromatic N) is 2. The van der Waals surface area contributed by atoms with Gasteiger partial charge in [-0.05, 0) is 48.7 Å². The van der Waals surface area contributed by atoms with Crippen LogP contribution < -0.4 is 14.8 Å². The highest BCUT2D eigenvalue weighted by Gasteiger charge is 2.20. The molecule has 1 heterocycles. The Kier molecular flexibility index (Phi) is 8.72. The van der Waals surface area contributed by atoms with E-state index in [1.807, 2.05) is 74.1 Å². The summed E-state index contributed by atoms with van der Waals surface area (Å²) < 4.78 is 13.2. The van der Waals surface area contributed by atoms with Crippen molar-refractivity contribution in [3.05, 3.63) is 77.4 Å². The molecule has 0 saturated heterocycles. The quantitative estimate of drug-likeness (QED) is 0.542. The van der Waals surface area contributed by atoms with E-state index in [1.165, 1.54) is 5.56 Å². The summed E-state index contributed by atoms with van der Waals surface area (Å²) >= 11 is 0. The number of aromatic nitrogens is 2. The molecule has 2 aromatic carbocycles. The highest BCUT2D eigenvalue weighted by atomic mass is 35.5. The molecule has 0 aliphatic carbocycles. The lowest BCUT2D eigenvalue weighted by Crippen LogP contribution is -2.35. The van der Waals surface area contributed by atoms with Gasteiger partial charge >= 0.3 is 0 Å². The van der Waals surface area contributed by atoms with E-state index in [0.717, 1.165) is 28.5 Å². The van der Waals surface area contributed by atoms with Gasteiger partial charge in [-0.2, -0.15) is 0 Å². The van der Waals surface area contributed by atoms with Crippen LogP contribution in [0.25, 0.3) is 0 Å². The molecule has 0 radical (unpaired) electrons. The van der Waals surface area contributed by atoms with Crippen molar-refractivity contribution in [3.63, 3.8) is 0 Å². The summed E-state index contributed by atoms with van der Waals surface area (Å²) in [5, 5.41) is 13.9. The van der Waals surface area contributed by atoms with E-state index in [9.17, 15) is 5.11 Å². The molecule has 0 spiro atoms. The number of halogens is 1. The Hall–Kier alpha value is -2.54. The Balaban J connectivity index is 0.00000320. The molecule has 1 aromatic heterocycles. The number of aryl methyl sites for hydroxylation is 2. The Morgan fingerprint density at radius 1 is 1.17 bits per heavy atom. The van der Waals surface area contributed by atoms with E-state index in [-0.39, 0.29) is 25.1 Å². The van der Waals surface area contributed by atoms with Gasteiger partial charge in [-0.1, -0.05) is 24.3 Å². The molecule has 0 bridgehead atoms. The predicted octanol–water partition coefficient (Wildman–Crippen LogP) is 3.59. The maximum atomic E-state index is 10.5. The zero-order valence-corrected chi connectivity index (χ0v) is 18.6. The second kappa shape index (κ2) is 11.0. The van der Waals surface area contributed by atoms with Crippen LogP contribution in [-0.4, -0.2) is 41.0 Å². The van der Waals surface area contributed by atoms with Gasteiger partial charge in [0.2, 0.25) is 0 Å². The van der Waals surface area contributed by atoms with Crippen molar-refractivity contribution in [1.29, 1.82) is 0 Å². The molecule has 0 aliphatic rings. The molecule has 0 saturated carbocycles. The number of hydrogen-bond acceptors (Lipinski definition) is 5. The number of hydrogen-bond donors (Lipinski definition) is 2. The van der Waals surface area contributed by atoms with Crippen molar-refractivity contribution in [3.8, 4) is 11.5 Å². The lowest BCUT2D eigenvalue weighted by molar-refractivity contribution is 0.104. The van der Waals surface area contributed by atoms with Gasteiger partial charge in [0, 0.05) is 26.0 Å². The monoisotopic (exact) mass is 431 g/mol. The fraction of sp³-hybridized carbons (Fsp3) is 0.348. The maximum absolute atomic E-state index is 10.5. The average molecular weight is 432 g/mol. The van der Waals surface area contributed by atoms with Gasteiger partial charge in [0.05, 0.1) is 13.2 Å². The first-order valence-electron chi connectivity index (χ1n) is 9.71. The Labute approximate surface area is 184 Å². The minimum Gasteiger partial charge on any atom is -0.497 e. The zero-order chi connectivity index (χ0) is 20.8. The smallest absolute Gasteiger partial charge is 0.130 e. The van der Waals surface area contributed by atoms with Gasteiger partial charge in [0.1, 0.15) is 30.0 Å². The van der Waals surface area contributed by atoms with Gasteiger partial charge in [-0.3, -0.25) is 0 Å². The summed E-state index contributed by atoms with van der Waals surface area (Å²) in [6.07, 6.45) is 3.01. The van der Waals surface area contributed by atoms with Crippen LogP contribution in [0.5, 0.6) is 11.5 Å². The number of ether oxygens (including phenoxy) is 2. The standard InChI is InChI=1S/C23H29N3O3.ClH/c1-16-7-5-10-21(17(16)2)29-15-19(27)14-25-22(23-24-11-12-26(23)3)18-8-6-9-20(13-18)28-4;/h5-13,19,22,25,27H,14-15H2,1-4H3;1H. The van der Waals surface area contributed by atoms with E-state index in [2.05, 4.69) is 10.3 Å². The second-order valence-electron chi connectivity index (χ2n) is 7.18. The molecule has 7 heteroatoms. The third kappa shape index (κ3) is 5.75. The van der Waals surface area contributed by atoms with Crippen LogP contribution in [0.2, 0.25) is 0 Å². The largest absolute Gasteiger partial charge is 0.497 e. The van der Waals surface area contributed by atoms with Crippen molar-refractivity contribution in [1.82, 2.24) is 14.9 Å². The molecule has 3 rings (SSSR count). The molecule has 0 amide bonds. The van der Waals surface area contributed by atoms with Crippen LogP contribution in [0, 0.1) is 13.8 Å². The van der Waals surface area contributed by atoms with Crippen LogP contribution >= 0.6 is 12.4 Å². The van der Waals surface area contributed by atoms with Crippen molar-refractivity contribution >= 4 is 12.4 Å². The number of methoxy groups -OCH3 is 1. The molecular weight excluding hydrogens is 402 g/mol. The highest BCUT2D eigenvalue weighted by molar-refractivity contribution is 5.85. The fourth-order valence-electron chi connectivity index (χ4n) is 3.21. The SMILES string of the molecule is COc1cccc(C(NCC(O)COc2cccc(C)c2C)c2nccn2C)c1.Cl. The van der Waals surface area contributed by atoms with Crippen molar-refractivity contribution < 1.29 is 14.6 Å². The number of aliphatic hydroxyl groups excluding tert-OH is 1. The molecule has 162 valence electrons. The third-order valence-corrected chi connectivity index (χ3v) is 5.09. The summed E-state index contributed by atoms with van der Waals surface area (Å²) in [5.41, 5.74) is 3.28. The lowest BCUT2D eigenvalue weighted by atomic mass is 10.1. The molecule has 0 aliphatic heterocycles. The highest BCUT2D eigenvalue weighted by Crippen LogP contribution is 2.24. The van der Waals surface area contributed by atoms with Gasteiger partial charge in [0.25, 0.3) is 0 Å². The summed E-state index contributed by atoms with van der Waals surface area (Å²) in [6, 6.07) is 13.6. The second-order valence-corrected chi connectivity index (χ2v) is 7.18. The first-order chi connectivity index (χ1) is 14.0. The summed E-state index contributed by atoms with van der Waals surface area (Å²) in [7, 11) is 3.61. The Morgan fingerprint density at radius 2 is 1.93 bits per heavy atom. The Morgan fingerprint density at radius 3 is 2.63 bits per heavy atom. The van der Waals surface area contributed by atoms with Crippen LogP contribution in [0.15, 0.2) is 54.9 Å². The zero-order valence-electron chi connectivity index (χ0n) is 17.8. The molecule has 0 fully saturated rings. The summed E-state index contributed by atoms with van der Waals surface area (Å²) in [5.74, 6) is 2.45. The number of imidazole rings is 1. The number of aliphatic hydroxyl groups is 1. The van der Waals surface area contributed by atoms with Gasteiger partial charge in [-0.15, -0.1) is 12.4 Å². The van der Waals surface area contributed by atoms with E-state index in [1.54, 1.807) is 13.3 Å². The van der Waals surface area contributed by atoms with Crippen molar-refractivity contribution in [2.24, 2.45) is 7.05 Å². The minimum absolute atomic E-state index is 0. The lowest BCUT2D eigenvalue weighted by Gasteiger charge is -2.22. The van der Waals surface area contributed by atoms with Crippen LogP contribution in [-0.2, 0) is 7.05 Å². The first kappa shape index (κ1) is 23.7. The molecule has 6 nitrogen and oxygen atoms in total. The normalized spacial score (nSPS) is 12.7. The first-order valence-corrected chi connectivity index (χ1v) is 9.71. The van der Waals surface area contributed by atoms with Crippen LogP contribution in [0.4, 0.5) is 0 Å². The summed E-state index contributed by atoms with van der Waals surface area (Å²) in [4.78, 5) is 4.49. The molecule has 2 N–H and O–H groups in total. The average Bonchev–Trinajstić information content (AvgIpc) is 3.15. The summed E-state index contributed by atoms with van der Waals surface area (Å²) in [6.45, 7) is 4.64. The molecular formula is C23H30ClN3O3. The third-order valence-electron chi connectivity index (χ3n) is 5.09. The van der Waals surface area contributed by atoms with E-state index in [4.69, 9.17) is 9.47 Å². The van der Waals surface area contributed by atoms with Crippen molar-refractivity contribution in [2.45, 2.75) is 26.0 Å². The number of rotatable bonds is 9. The topological polar surface area (TPSA) is 68.5 Å². The Bertz CT molecular complexity index is 945. The maximum Gasteiger partial charge on any atom is 0.130 e. The van der Waals surface area contributed by atoms with E-state index in [0.29, 0.717) is 6.54 Å². The van der Waals surface area contributed by atoms with Gasteiger partial charge < -0.3 is 24.5 Å². The molecule has 2 atom stereocenters. The van der Waals surface area contributed by atoms with Crippen LogP contribution in [0.1, 0.15) is 28.6 Å². The van der Waals surface area contributed by atoms with Gasteiger partial charge in [0.15, 0.2) is 0 Å². The number of benzene rings is 2. The molecule has 30 heavy (non-hydrogen) atoms. The number of nitrogens with one attached hydrogen (secondary N) is 1. The minimum atomic E-state index is -0.664. The van der Waals surface area contributed by atoms with E-state index >= 15 is 0 Å². The van der Waals surface area contributed by atoms with Crippen LogP contribution in [0.3, 0.4) is 0 Å². The van der Waals surface area contributed by atoms with Crippen molar-refractivity contribution in [2.75, 3.05) is 20.3 Å². The fourth-order valence-corrected chi connectivity index (χ4v) is 3.21. The predicted molar refractivity (Wildman–Crippen MR) is 121 cm³/mol. The molecule has 2 unspecified atom stereocenters. The van der Waals surface area contributed by atoms with E-state index < -0.39 is 6.10 Å². The molecule has 3 aromatic rings. The van der Waals surface area contributed by atoms with Gasteiger partial charge in [-0.25, -0.2) is 4.98 Å².